The van der Waals surface area contributed by atoms with Crippen molar-refractivity contribution in [2.45, 2.75) is 5.81 Å². The molecule has 4 aromatic rings. The number of methoxy groups -OCH3 is 2. The van der Waals surface area contributed by atoms with Gasteiger partial charge in [0.2, 0.25) is 5.88 Å². The zero-order chi connectivity index (χ0) is 29.7. The Bertz CT molecular complexity index is 1560. The predicted octanol–water partition coefficient (Wildman–Crippen LogP) is 1.09. The second-order valence-corrected chi connectivity index (χ2v) is 9.37. The molecule has 0 aliphatic rings. The number of carbonyl (C=O) groups excluding carboxylic acids is 2. The summed E-state index contributed by atoms with van der Waals surface area (Å²) in [4.78, 5) is 31.0. The van der Waals surface area contributed by atoms with Crippen molar-refractivity contribution < 1.29 is 29.3 Å². The van der Waals surface area contributed by atoms with Gasteiger partial charge in [-0.25, -0.2) is 4.98 Å². The summed E-state index contributed by atoms with van der Waals surface area (Å²) in [5.41, 5.74) is 1.01. The van der Waals surface area contributed by atoms with Crippen molar-refractivity contribution in [1.82, 2.24) is 35.6 Å². The minimum atomic E-state index is -3.00. The maximum atomic E-state index is 12.8. The molecule has 0 spiro atoms. The first-order valence-corrected chi connectivity index (χ1v) is 12.6. The van der Waals surface area contributed by atoms with Gasteiger partial charge in [0.1, 0.15) is 10.7 Å². The minimum Gasteiger partial charge on any atom is -0.494 e. The highest BCUT2D eigenvalue weighted by Crippen LogP contribution is 2.39. The van der Waals surface area contributed by atoms with Crippen molar-refractivity contribution in [2.75, 3.05) is 38.9 Å². The Hall–Kier alpha value is -4.87. The second kappa shape index (κ2) is 12.1. The lowest BCUT2D eigenvalue weighted by molar-refractivity contribution is -0.102. The van der Waals surface area contributed by atoms with E-state index in [4.69, 9.17) is 17.3 Å². The van der Waals surface area contributed by atoms with Crippen LogP contribution < -0.4 is 25.4 Å². The lowest BCUT2D eigenvalue weighted by Gasteiger charge is -2.20. The molecular weight excluding hydrogens is 553 g/mol. The van der Waals surface area contributed by atoms with Crippen molar-refractivity contribution in [3.63, 3.8) is 0 Å². The largest absolute Gasteiger partial charge is 0.494 e. The van der Waals surface area contributed by atoms with Gasteiger partial charge in [0.25, 0.3) is 11.8 Å². The average Bonchev–Trinajstić information content (AvgIpc) is 3.42. The standard InChI is InChI=1S/C24H24BN9O6S/c1-34(2)23(36)15-11-41-22(27-15)12-6-5-7-13(20(12)40-4)26-14-10-17(28-16-8-9-18(39-3)32-30-16)31-33-19(14)21(35)29-24(25,37)38/h5-11,37-38H,1-4H3,(H,29,35)(H2,26,28,30,31). The molecule has 15 nitrogen and oxygen atoms in total. The molecular formula is C24H24BN9O6S. The number of nitrogens with zero attached hydrogens (tertiary/aromatic N) is 6. The fraction of sp³-hybridized carbons (Fsp3) is 0.208. The van der Waals surface area contributed by atoms with Crippen LogP contribution in [0.15, 0.2) is 41.8 Å². The summed E-state index contributed by atoms with van der Waals surface area (Å²) in [5, 5.41) is 44.7. The van der Waals surface area contributed by atoms with Crippen LogP contribution >= 0.6 is 11.3 Å². The topological polar surface area (TPSA) is 197 Å². The maximum absolute atomic E-state index is 12.8. The van der Waals surface area contributed by atoms with Gasteiger partial charge in [-0.05, 0) is 18.2 Å². The number of thiazole rings is 1. The number of aliphatic hydroxyl groups is 2. The number of aromatic nitrogens is 5. The maximum Gasteiger partial charge on any atom is 0.277 e. The van der Waals surface area contributed by atoms with Crippen LogP contribution in [0.1, 0.15) is 21.0 Å². The molecule has 210 valence electrons. The Morgan fingerprint density at radius 2 is 1.73 bits per heavy atom. The Labute approximate surface area is 239 Å². The number of hydrogen-bond donors (Lipinski definition) is 5. The summed E-state index contributed by atoms with van der Waals surface area (Å²) < 4.78 is 10.7. The Morgan fingerprint density at radius 1 is 0.976 bits per heavy atom. The van der Waals surface area contributed by atoms with Crippen molar-refractivity contribution >= 4 is 54.0 Å². The molecule has 0 aliphatic heterocycles. The lowest BCUT2D eigenvalue weighted by atomic mass is 10.0. The number of hydrogen-bond acceptors (Lipinski definition) is 14. The average molecular weight is 577 g/mol. The van der Waals surface area contributed by atoms with Gasteiger partial charge in [-0.3, -0.25) is 9.59 Å². The Morgan fingerprint density at radius 3 is 2.37 bits per heavy atom. The SMILES string of the molecule is [B]C(O)(O)NC(=O)c1nnc(Nc2ccc(OC)nn2)cc1Nc1cccc(-c2nc(C(=O)N(C)C)cs2)c1OC. The third-order valence-corrected chi connectivity index (χ3v) is 6.14. The van der Waals surface area contributed by atoms with Crippen LogP contribution in [0, 0.1) is 0 Å². The van der Waals surface area contributed by atoms with E-state index in [1.54, 1.807) is 55.1 Å². The van der Waals surface area contributed by atoms with Crippen LogP contribution in [0.3, 0.4) is 0 Å². The Balaban J connectivity index is 1.73. The Kier molecular flexibility index (Phi) is 8.61. The fourth-order valence-electron chi connectivity index (χ4n) is 3.46. The highest BCUT2D eigenvalue weighted by atomic mass is 32.1. The molecule has 0 saturated heterocycles. The second-order valence-electron chi connectivity index (χ2n) is 8.51. The molecule has 4 rings (SSSR count). The van der Waals surface area contributed by atoms with E-state index in [9.17, 15) is 19.8 Å². The van der Waals surface area contributed by atoms with Gasteiger partial charge in [-0.1, -0.05) is 6.07 Å². The molecule has 0 aliphatic carbocycles. The third kappa shape index (κ3) is 7.02. The molecule has 0 saturated carbocycles. The minimum absolute atomic E-state index is 0.0868. The summed E-state index contributed by atoms with van der Waals surface area (Å²) in [7, 11) is 11.3. The summed E-state index contributed by atoms with van der Waals surface area (Å²) in [6.45, 7) is 0. The first-order valence-electron chi connectivity index (χ1n) is 11.7. The van der Waals surface area contributed by atoms with Crippen molar-refractivity contribution in [3.8, 4) is 22.2 Å². The summed E-state index contributed by atoms with van der Waals surface area (Å²) in [6.07, 6.45) is 0. The van der Waals surface area contributed by atoms with Gasteiger partial charge >= 0.3 is 0 Å². The summed E-state index contributed by atoms with van der Waals surface area (Å²) in [5.74, 6) is -3.16. The number of carbonyl (C=O) groups is 2. The van der Waals surface area contributed by atoms with Gasteiger partial charge in [0.15, 0.2) is 36.7 Å². The lowest BCUT2D eigenvalue weighted by Crippen LogP contribution is -2.49. The molecule has 0 fully saturated rings. The zero-order valence-electron chi connectivity index (χ0n) is 22.2. The number of amides is 2. The molecule has 3 heterocycles. The highest BCUT2D eigenvalue weighted by molar-refractivity contribution is 7.13. The molecule has 1 aromatic carbocycles. The monoisotopic (exact) mass is 577 g/mol. The molecule has 0 unspecified atom stereocenters. The van der Waals surface area contributed by atoms with Gasteiger partial charge < -0.3 is 40.5 Å². The van der Waals surface area contributed by atoms with Crippen molar-refractivity contribution in [2.24, 2.45) is 0 Å². The number of nitrogens with one attached hydrogen (secondary N) is 3. The van der Waals surface area contributed by atoms with Crippen molar-refractivity contribution in [1.29, 1.82) is 0 Å². The number of anilines is 4. The summed E-state index contributed by atoms with van der Waals surface area (Å²) in [6, 6.07) is 9.78. The van der Waals surface area contributed by atoms with E-state index in [1.165, 1.54) is 36.5 Å². The first kappa shape index (κ1) is 29.1. The number of rotatable bonds is 10. The fourth-order valence-corrected chi connectivity index (χ4v) is 4.28. The van der Waals surface area contributed by atoms with Crippen LogP contribution in [0.25, 0.3) is 10.6 Å². The van der Waals surface area contributed by atoms with Crippen LogP contribution in [0.4, 0.5) is 23.0 Å². The van der Waals surface area contributed by atoms with E-state index in [2.05, 4.69) is 36.0 Å². The normalized spacial score (nSPS) is 11.0. The molecule has 0 atom stereocenters. The van der Waals surface area contributed by atoms with Crippen LogP contribution in [-0.4, -0.2) is 94.3 Å². The first-order chi connectivity index (χ1) is 19.5. The van der Waals surface area contributed by atoms with Gasteiger partial charge in [-0.2, -0.15) is 0 Å². The third-order valence-electron chi connectivity index (χ3n) is 5.26. The molecule has 2 radical (unpaired) electrons. The smallest absolute Gasteiger partial charge is 0.277 e. The van der Waals surface area contributed by atoms with Crippen LogP contribution in [0.2, 0.25) is 0 Å². The highest BCUT2D eigenvalue weighted by Gasteiger charge is 2.24. The molecule has 3 aromatic heterocycles. The molecule has 17 heteroatoms. The van der Waals surface area contributed by atoms with Crippen LogP contribution in [0.5, 0.6) is 11.6 Å². The van der Waals surface area contributed by atoms with Crippen LogP contribution in [-0.2, 0) is 0 Å². The van der Waals surface area contributed by atoms with E-state index < -0.39 is 11.7 Å². The van der Waals surface area contributed by atoms with E-state index in [0.29, 0.717) is 33.7 Å². The van der Waals surface area contributed by atoms with E-state index in [0.717, 1.165) is 0 Å². The number of benzene rings is 1. The van der Waals surface area contributed by atoms with Gasteiger partial charge in [-0.15, -0.1) is 31.7 Å². The molecule has 0 bridgehead atoms. The van der Waals surface area contributed by atoms with E-state index >= 15 is 0 Å². The molecule has 2 amide bonds. The van der Waals surface area contributed by atoms with E-state index in [1.807, 2.05) is 0 Å². The summed E-state index contributed by atoms with van der Waals surface area (Å²) >= 11 is 1.26. The number of para-hydroxylation sites is 1. The van der Waals surface area contributed by atoms with Gasteiger partial charge in [0.05, 0.1) is 31.2 Å². The van der Waals surface area contributed by atoms with Crippen molar-refractivity contribution in [3.05, 3.63) is 53.2 Å². The number of ether oxygens (including phenoxy) is 2. The quantitative estimate of drug-likeness (QED) is 0.133. The zero-order valence-corrected chi connectivity index (χ0v) is 23.1. The molecule has 5 N–H and O–H groups in total. The van der Waals surface area contributed by atoms with Gasteiger partial charge in [0, 0.05) is 31.6 Å². The predicted molar refractivity (Wildman–Crippen MR) is 150 cm³/mol. The van der Waals surface area contributed by atoms with E-state index in [-0.39, 0.29) is 28.8 Å². The molecule has 41 heavy (non-hydrogen) atoms.